The molecule has 10 nitrogen and oxygen atoms in total. The number of rotatable bonds is 12. The molecule has 0 aromatic heterocycles. The van der Waals surface area contributed by atoms with Crippen LogP contribution in [0.2, 0.25) is 0 Å². The van der Waals surface area contributed by atoms with Crippen molar-refractivity contribution in [2.75, 3.05) is 24.8 Å². The first-order chi connectivity index (χ1) is 20.0. The molecule has 0 bridgehead atoms. The summed E-state index contributed by atoms with van der Waals surface area (Å²) in [7, 11) is -3.87. The number of allylic oxidation sites excluding steroid dienone is 2. The number of primary amides is 1. The Kier molecular flexibility index (Phi) is 10.1. The second-order valence-electron chi connectivity index (χ2n) is 11.0. The summed E-state index contributed by atoms with van der Waals surface area (Å²) in [5, 5.41) is 15.0. The zero-order valence-corrected chi connectivity index (χ0v) is 24.6. The Morgan fingerprint density at radius 3 is 2.48 bits per heavy atom. The molecular weight excluding hydrogens is 558 g/mol. The van der Waals surface area contributed by atoms with Crippen molar-refractivity contribution in [2.24, 2.45) is 5.73 Å². The summed E-state index contributed by atoms with van der Waals surface area (Å²) in [4.78, 5) is 24.5. The van der Waals surface area contributed by atoms with Gasteiger partial charge in [0.15, 0.2) is 5.60 Å². The van der Waals surface area contributed by atoms with Crippen molar-refractivity contribution in [3.8, 4) is 0 Å². The zero-order valence-electron chi connectivity index (χ0n) is 23.8. The highest BCUT2D eigenvalue weighted by Gasteiger charge is 2.41. The van der Waals surface area contributed by atoms with E-state index in [0.29, 0.717) is 11.6 Å². The van der Waals surface area contributed by atoms with Crippen LogP contribution in [-0.2, 0) is 29.9 Å². The van der Waals surface area contributed by atoms with Crippen LogP contribution in [0.25, 0.3) is 5.57 Å². The van der Waals surface area contributed by atoms with Crippen molar-refractivity contribution < 1.29 is 32.6 Å². The lowest BCUT2D eigenvalue weighted by Gasteiger charge is -2.33. The van der Waals surface area contributed by atoms with E-state index in [9.17, 15) is 23.1 Å². The minimum atomic E-state index is -3.87. The van der Waals surface area contributed by atoms with Gasteiger partial charge in [0.05, 0.1) is 12.9 Å². The fourth-order valence-electron chi connectivity index (χ4n) is 5.34. The van der Waals surface area contributed by atoms with Crippen LogP contribution in [0.5, 0.6) is 0 Å². The zero-order chi connectivity index (χ0) is 30.2. The predicted molar refractivity (Wildman–Crippen MR) is 161 cm³/mol. The molecule has 1 saturated carbocycles. The summed E-state index contributed by atoms with van der Waals surface area (Å²) in [6.45, 7) is -0.595. The average Bonchev–Trinajstić information content (AvgIpc) is 2.97. The van der Waals surface area contributed by atoms with Crippen molar-refractivity contribution in [1.29, 1.82) is 0 Å². The van der Waals surface area contributed by atoms with Gasteiger partial charge in [0.1, 0.15) is 12.2 Å². The van der Waals surface area contributed by atoms with E-state index in [-0.39, 0.29) is 19.4 Å². The van der Waals surface area contributed by atoms with Crippen molar-refractivity contribution in [3.63, 3.8) is 0 Å². The molecular formula is C31H39N3O7S. The molecule has 5 N–H and O–H groups in total. The van der Waals surface area contributed by atoms with Crippen LogP contribution >= 0.6 is 0 Å². The van der Waals surface area contributed by atoms with E-state index in [4.69, 9.17) is 15.2 Å². The van der Waals surface area contributed by atoms with Crippen LogP contribution in [0.4, 0.5) is 10.5 Å². The first kappa shape index (κ1) is 31.3. The van der Waals surface area contributed by atoms with E-state index in [2.05, 4.69) is 11.4 Å². The van der Waals surface area contributed by atoms with Gasteiger partial charge >= 0.3 is 6.09 Å². The number of amides is 2. The van der Waals surface area contributed by atoms with E-state index in [1.54, 1.807) is 42.5 Å². The summed E-state index contributed by atoms with van der Waals surface area (Å²) in [6, 6.07) is 17.1. The average molecular weight is 598 g/mol. The third kappa shape index (κ3) is 8.43. The topological polar surface area (TPSA) is 157 Å². The van der Waals surface area contributed by atoms with Crippen molar-refractivity contribution in [2.45, 2.75) is 62.2 Å². The summed E-state index contributed by atoms with van der Waals surface area (Å²) in [5.41, 5.74) is 5.13. The smallest absolute Gasteiger partial charge is 0.404 e. The fourth-order valence-corrected chi connectivity index (χ4v) is 5.85. The van der Waals surface area contributed by atoms with E-state index in [1.807, 2.05) is 29.0 Å². The number of anilines is 1. The van der Waals surface area contributed by atoms with Gasteiger partial charge in [-0.3, -0.25) is 9.52 Å². The summed E-state index contributed by atoms with van der Waals surface area (Å²) < 4.78 is 36.9. The van der Waals surface area contributed by atoms with Crippen LogP contribution < -0.4 is 15.8 Å². The normalized spacial score (nSPS) is 20.7. The van der Waals surface area contributed by atoms with Gasteiger partial charge in [-0.25, -0.2) is 13.2 Å². The maximum Gasteiger partial charge on any atom is 0.404 e. The first-order valence-electron chi connectivity index (χ1n) is 14.1. The Balaban J connectivity index is 1.51. The first-order valence-corrected chi connectivity index (χ1v) is 16.0. The van der Waals surface area contributed by atoms with E-state index in [0.717, 1.165) is 35.9 Å². The molecule has 2 aromatic rings. The van der Waals surface area contributed by atoms with E-state index in [1.165, 1.54) is 19.3 Å². The van der Waals surface area contributed by atoms with Gasteiger partial charge in [0.2, 0.25) is 10.0 Å². The maximum absolute atomic E-state index is 13.2. The molecule has 2 aliphatic carbocycles. The number of carbonyl (C=O) groups excluding carboxylic acids is 2. The summed E-state index contributed by atoms with van der Waals surface area (Å²) >= 11 is 0. The number of sulfonamides is 1. The number of nitrogens with one attached hydrogen (secondary N) is 2. The van der Waals surface area contributed by atoms with Crippen LogP contribution in [0.1, 0.15) is 56.1 Å². The molecule has 1 unspecified atom stereocenters. The minimum Gasteiger partial charge on any atom is -0.446 e. The number of hydrogen-bond donors (Lipinski definition) is 4. The maximum atomic E-state index is 13.2. The monoisotopic (exact) mass is 597 g/mol. The van der Waals surface area contributed by atoms with Crippen LogP contribution in [0.3, 0.4) is 0 Å². The Morgan fingerprint density at radius 1 is 1.10 bits per heavy atom. The highest BCUT2D eigenvalue weighted by molar-refractivity contribution is 7.89. The standard InChI is InChI=1S/C31H39N3O7S/c1-42(38,39)34-28(35)31(41-20-19-30(37,22-40-29(32)36)25-10-4-2-5-11-25)17-15-23(16-18-31)24-9-8-14-27(21-24)33-26-12-6-3-7-13-26/h2,4-5,8-11,14-17,21,26,33,37H,3,6-7,12-13,18-20,22H2,1H3,(H2,32,36)(H,34,35)/t30-,31?/m0/s1. The lowest BCUT2D eigenvalue weighted by atomic mass is 9.88. The lowest BCUT2D eigenvalue weighted by Crippen LogP contribution is -2.50. The third-order valence-electron chi connectivity index (χ3n) is 7.63. The van der Waals surface area contributed by atoms with Gasteiger partial charge in [-0.2, -0.15) is 0 Å². The summed E-state index contributed by atoms with van der Waals surface area (Å²) in [5.74, 6) is -0.846. The molecule has 0 heterocycles. The van der Waals surface area contributed by atoms with E-state index < -0.39 is 39.8 Å². The van der Waals surface area contributed by atoms with Gasteiger partial charge in [-0.05, 0) is 47.8 Å². The van der Waals surface area contributed by atoms with Gasteiger partial charge in [0.25, 0.3) is 5.91 Å². The molecule has 2 aromatic carbocycles. The second kappa shape index (κ2) is 13.5. The lowest BCUT2D eigenvalue weighted by molar-refractivity contribution is -0.141. The van der Waals surface area contributed by atoms with Gasteiger partial charge < -0.3 is 25.6 Å². The molecule has 0 saturated heterocycles. The molecule has 11 heteroatoms. The molecule has 4 rings (SSSR count). The largest absolute Gasteiger partial charge is 0.446 e. The SMILES string of the molecule is CS(=O)(=O)NC(=O)C1(OCC[C@](O)(COC(N)=O)c2ccccc2)C=CC(c2cccc(NC3CCCCC3)c2)=CC1. The van der Waals surface area contributed by atoms with Crippen molar-refractivity contribution >= 4 is 33.3 Å². The van der Waals surface area contributed by atoms with Crippen LogP contribution in [0, 0.1) is 0 Å². The Morgan fingerprint density at radius 2 is 1.83 bits per heavy atom. The number of ether oxygens (including phenoxy) is 2. The Labute approximate surface area is 247 Å². The third-order valence-corrected chi connectivity index (χ3v) is 8.19. The molecule has 2 amide bonds. The summed E-state index contributed by atoms with van der Waals surface area (Å²) in [6.07, 6.45) is 11.0. The van der Waals surface area contributed by atoms with Gasteiger partial charge in [-0.1, -0.05) is 73.9 Å². The number of hydrogen-bond acceptors (Lipinski definition) is 8. The molecule has 2 atom stereocenters. The molecule has 2 aliphatic rings. The van der Waals surface area contributed by atoms with Crippen LogP contribution in [-0.4, -0.2) is 56.6 Å². The fraction of sp³-hybridized carbons (Fsp3) is 0.419. The molecule has 1 fully saturated rings. The van der Waals surface area contributed by atoms with Crippen molar-refractivity contribution in [1.82, 2.24) is 4.72 Å². The molecule has 0 radical (unpaired) electrons. The number of benzene rings is 2. The molecule has 0 aliphatic heterocycles. The quantitative estimate of drug-likeness (QED) is 0.286. The van der Waals surface area contributed by atoms with E-state index >= 15 is 0 Å². The number of carbonyl (C=O) groups is 2. The minimum absolute atomic E-state index is 0.0576. The highest BCUT2D eigenvalue weighted by atomic mass is 32.2. The predicted octanol–water partition coefficient (Wildman–Crippen LogP) is 3.98. The number of nitrogens with two attached hydrogens (primary N) is 1. The molecule has 42 heavy (non-hydrogen) atoms. The highest BCUT2D eigenvalue weighted by Crippen LogP contribution is 2.33. The Bertz CT molecular complexity index is 1420. The second-order valence-corrected chi connectivity index (χ2v) is 12.7. The van der Waals surface area contributed by atoms with Crippen molar-refractivity contribution in [3.05, 3.63) is 84.0 Å². The molecule has 0 spiro atoms. The number of aliphatic hydroxyl groups is 1. The molecule has 226 valence electrons. The van der Waals surface area contributed by atoms with Gasteiger partial charge in [-0.15, -0.1) is 0 Å². The van der Waals surface area contributed by atoms with Gasteiger partial charge in [0, 0.05) is 24.6 Å². The van der Waals surface area contributed by atoms with Crippen LogP contribution in [0.15, 0.2) is 72.8 Å². The Hall–Kier alpha value is -3.67.